The molecule has 0 aromatic heterocycles. The van der Waals surface area contributed by atoms with Gasteiger partial charge in [-0.3, -0.25) is 0 Å². The van der Waals surface area contributed by atoms with Crippen molar-refractivity contribution in [1.29, 1.82) is 0 Å². The summed E-state index contributed by atoms with van der Waals surface area (Å²) in [5.74, 6) is 6.57. The molecular formula is C35H50. The van der Waals surface area contributed by atoms with E-state index >= 15 is 0 Å². The van der Waals surface area contributed by atoms with Crippen molar-refractivity contribution in [2.45, 2.75) is 105 Å². The SMILES string of the molecule is CC(C)CCCC(C)C1CCC2C3CCC4Cc5ccc6ccccc6c5CC4(C)C3CCC12C. The first-order valence-electron chi connectivity index (χ1n) is 15.3. The van der Waals surface area contributed by atoms with Gasteiger partial charge in [-0.2, -0.15) is 0 Å². The summed E-state index contributed by atoms with van der Waals surface area (Å²) in [4.78, 5) is 0. The van der Waals surface area contributed by atoms with Gasteiger partial charge in [0, 0.05) is 0 Å². The minimum absolute atomic E-state index is 0.502. The highest BCUT2D eigenvalue weighted by Gasteiger charge is 2.60. The van der Waals surface area contributed by atoms with Crippen molar-refractivity contribution in [3.8, 4) is 0 Å². The lowest BCUT2D eigenvalue weighted by molar-refractivity contribution is -0.103. The quantitative estimate of drug-likeness (QED) is 0.408. The van der Waals surface area contributed by atoms with Crippen molar-refractivity contribution in [2.24, 2.45) is 52.3 Å². The molecule has 8 unspecified atom stereocenters. The average Bonchev–Trinajstić information content (AvgIpc) is 3.19. The number of rotatable bonds is 5. The molecule has 2 aromatic rings. The molecule has 0 N–H and O–H groups in total. The maximum atomic E-state index is 2.75. The summed E-state index contributed by atoms with van der Waals surface area (Å²) in [6.07, 6.45) is 16.0. The van der Waals surface area contributed by atoms with Gasteiger partial charge in [0.15, 0.2) is 0 Å². The zero-order chi connectivity index (χ0) is 24.4. The molecule has 6 rings (SSSR count). The Morgan fingerprint density at radius 1 is 0.829 bits per heavy atom. The fourth-order valence-electron chi connectivity index (χ4n) is 10.6. The standard InChI is InChI=1S/C35H50/c1-23(2)9-8-10-24(3)31-17-18-32-29-16-15-27-21-26-14-13-25-11-6-7-12-28(25)30(26)22-35(27,5)33(29)19-20-34(31,32)4/h6-7,11-14,23-24,27,29,31-33H,8-10,15-22H2,1-5H3. The molecule has 4 aliphatic rings. The van der Waals surface area contributed by atoms with Gasteiger partial charge in [-0.05, 0) is 126 Å². The van der Waals surface area contributed by atoms with Crippen LogP contribution in [-0.4, -0.2) is 0 Å². The zero-order valence-electron chi connectivity index (χ0n) is 23.3. The Hall–Kier alpha value is -1.30. The molecule has 0 bridgehead atoms. The lowest BCUT2D eigenvalue weighted by Gasteiger charge is -2.61. The third-order valence-electron chi connectivity index (χ3n) is 12.4. The molecular weight excluding hydrogens is 420 g/mol. The van der Waals surface area contributed by atoms with Crippen LogP contribution in [0.1, 0.15) is 104 Å². The van der Waals surface area contributed by atoms with Gasteiger partial charge in [-0.1, -0.05) is 90.3 Å². The van der Waals surface area contributed by atoms with Crippen LogP contribution in [0.3, 0.4) is 0 Å². The Bertz CT molecular complexity index is 1060. The van der Waals surface area contributed by atoms with E-state index in [1.54, 1.807) is 16.5 Å². The maximum absolute atomic E-state index is 2.75. The Morgan fingerprint density at radius 2 is 1.63 bits per heavy atom. The normalized spacial score (nSPS) is 39.1. The van der Waals surface area contributed by atoms with Crippen LogP contribution in [0.25, 0.3) is 10.8 Å². The van der Waals surface area contributed by atoms with Crippen LogP contribution < -0.4 is 0 Å². The predicted molar refractivity (Wildman–Crippen MR) is 151 cm³/mol. The third kappa shape index (κ3) is 3.83. The van der Waals surface area contributed by atoms with E-state index in [0.29, 0.717) is 10.8 Å². The van der Waals surface area contributed by atoms with Crippen LogP contribution in [0.4, 0.5) is 0 Å². The first kappa shape index (κ1) is 24.1. The minimum atomic E-state index is 0.502. The van der Waals surface area contributed by atoms with Crippen LogP contribution in [-0.2, 0) is 12.8 Å². The molecule has 3 fully saturated rings. The van der Waals surface area contributed by atoms with Crippen LogP contribution in [0.5, 0.6) is 0 Å². The Balaban J connectivity index is 1.25. The Morgan fingerprint density at radius 3 is 2.46 bits per heavy atom. The molecule has 0 aliphatic heterocycles. The highest BCUT2D eigenvalue weighted by Crippen LogP contribution is 2.68. The molecule has 0 amide bonds. The topological polar surface area (TPSA) is 0 Å². The fourth-order valence-corrected chi connectivity index (χ4v) is 10.6. The summed E-state index contributed by atoms with van der Waals surface area (Å²) in [6, 6.07) is 14.0. The van der Waals surface area contributed by atoms with Gasteiger partial charge in [-0.15, -0.1) is 0 Å². The van der Waals surface area contributed by atoms with Gasteiger partial charge >= 0.3 is 0 Å². The van der Waals surface area contributed by atoms with Gasteiger partial charge in [0.05, 0.1) is 0 Å². The third-order valence-corrected chi connectivity index (χ3v) is 12.4. The van der Waals surface area contributed by atoms with Gasteiger partial charge in [0.2, 0.25) is 0 Å². The van der Waals surface area contributed by atoms with Crippen molar-refractivity contribution in [3.63, 3.8) is 0 Å². The molecule has 2 aromatic carbocycles. The van der Waals surface area contributed by atoms with Gasteiger partial charge < -0.3 is 0 Å². The van der Waals surface area contributed by atoms with Crippen molar-refractivity contribution >= 4 is 10.8 Å². The van der Waals surface area contributed by atoms with Crippen molar-refractivity contribution < 1.29 is 0 Å². The lowest BCUT2D eigenvalue weighted by atomic mass is 9.44. The van der Waals surface area contributed by atoms with E-state index in [1.165, 1.54) is 76.0 Å². The van der Waals surface area contributed by atoms with E-state index in [4.69, 9.17) is 0 Å². The van der Waals surface area contributed by atoms with Gasteiger partial charge in [0.25, 0.3) is 0 Å². The molecule has 0 nitrogen and oxygen atoms in total. The molecule has 0 radical (unpaired) electrons. The second-order valence-electron chi connectivity index (χ2n) is 14.5. The summed E-state index contributed by atoms with van der Waals surface area (Å²) in [7, 11) is 0. The van der Waals surface area contributed by atoms with Crippen molar-refractivity contribution in [3.05, 3.63) is 47.5 Å². The monoisotopic (exact) mass is 470 g/mol. The van der Waals surface area contributed by atoms with E-state index in [2.05, 4.69) is 71.0 Å². The fraction of sp³-hybridized carbons (Fsp3) is 0.714. The summed E-state index contributed by atoms with van der Waals surface area (Å²) in [5.41, 5.74) is 4.49. The maximum Gasteiger partial charge on any atom is -0.0149 e. The number of hydrogen-bond acceptors (Lipinski definition) is 0. The largest absolute Gasteiger partial charge is 0.0628 e. The predicted octanol–water partition coefficient (Wildman–Crippen LogP) is 9.88. The summed E-state index contributed by atoms with van der Waals surface area (Å²) in [5, 5.41) is 2.99. The molecule has 0 heteroatoms. The first-order valence-corrected chi connectivity index (χ1v) is 15.3. The molecule has 0 spiro atoms. The molecule has 35 heavy (non-hydrogen) atoms. The van der Waals surface area contributed by atoms with E-state index in [-0.39, 0.29) is 0 Å². The van der Waals surface area contributed by atoms with E-state index < -0.39 is 0 Å². The summed E-state index contributed by atoms with van der Waals surface area (Å²) < 4.78 is 0. The molecule has 8 atom stereocenters. The summed E-state index contributed by atoms with van der Waals surface area (Å²) in [6.45, 7) is 12.9. The second-order valence-corrected chi connectivity index (χ2v) is 14.5. The van der Waals surface area contributed by atoms with Crippen LogP contribution in [0.15, 0.2) is 36.4 Å². The number of hydrogen-bond donors (Lipinski definition) is 0. The summed E-state index contributed by atoms with van der Waals surface area (Å²) >= 11 is 0. The minimum Gasteiger partial charge on any atom is -0.0628 e. The van der Waals surface area contributed by atoms with E-state index in [0.717, 1.165) is 41.4 Å². The molecule has 0 heterocycles. The lowest BCUT2D eigenvalue weighted by Crippen LogP contribution is -2.54. The second kappa shape index (κ2) is 8.92. The zero-order valence-corrected chi connectivity index (χ0v) is 23.3. The molecule has 4 aliphatic carbocycles. The smallest absolute Gasteiger partial charge is 0.0149 e. The van der Waals surface area contributed by atoms with E-state index in [1.807, 2.05) is 0 Å². The van der Waals surface area contributed by atoms with Crippen LogP contribution >= 0.6 is 0 Å². The number of benzene rings is 2. The van der Waals surface area contributed by atoms with Crippen LogP contribution in [0, 0.1) is 52.3 Å². The van der Waals surface area contributed by atoms with E-state index in [9.17, 15) is 0 Å². The Kier molecular flexibility index (Phi) is 6.13. The molecule has 190 valence electrons. The Labute approximate surface area is 215 Å². The average molecular weight is 471 g/mol. The molecule has 3 saturated carbocycles. The van der Waals surface area contributed by atoms with Crippen molar-refractivity contribution in [1.82, 2.24) is 0 Å². The highest BCUT2D eigenvalue weighted by molar-refractivity contribution is 5.87. The van der Waals surface area contributed by atoms with Gasteiger partial charge in [-0.25, -0.2) is 0 Å². The van der Waals surface area contributed by atoms with Crippen molar-refractivity contribution in [2.75, 3.05) is 0 Å². The van der Waals surface area contributed by atoms with Crippen LogP contribution in [0.2, 0.25) is 0 Å². The molecule has 0 saturated heterocycles. The highest BCUT2D eigenvalue weighted by atomic mass is 14.6. The number of fused-ring (bicyclic) bond motifs is 8. The van der Waals surface area contributed by atoms with Gasteiger partial charge in [0.1, 0.15) is 0 Å². The first-order chi connectivity index (χ1) is 16.8.